The van der Waals surface area contributed by atoms with Crippen LogP contribution in [0, 0.1) is 0 Å². The van der Waals surface area contributed by atoms with Crippen LogP contribution in [0.15, 0.2) is 0 Å². The Labute approximate surface area is 56.0 Å². The molecule has 0 spiro atoms. The van der Waals surface area contributed by atoms with E-state index in [0.717, 1.165) is 5.23 Å². The Hall–Kier alpha value is -0.0100. The third kappa shape index (κ3) is 5.87. The third-order valence-electron chi connectivity index (χ3n) is 0.480. The van der Waals surface area contributed by atoms with Crippen LogP contribution < -0.4 is 0 Å². The first kappa shape index (κ1) is 8.99. The molecule has 1 atom stereocenters. The van der Waals surface area contributed by atoms with Gasteiger partial charge in [0.05, 0.1) is 6.61 Å². The van der Waals surface area contributed by atoms with Gasteiger partial charge in [0.15, 0.2) is 0 Å². The summed E-state index contributed by atoms with van der Waals surface area (Å²) in [5.41, 5.74) is 0. The standard InChI is InChI=1S/C3H9NO4S/c1-3-7-4(2)8-9(5)6/h3H2,1-2H3,(H,5,6). The van der Waals surface area contributed by atoms with Crippen molar-refractivity contribution in [1.82, 2.24) is 5.23 Å². The summed E-state index contributed by atoms with van der Waals surface area (Å²) in [5, 5.41) is 0.829. The van der Waals surface area contributed by atoms with Crippen LogP contribution >= 0.6 is 0 Å². The molecule has 1 N–H and O–H groups in total. The average Bonchev–Trinajstić information content (AvgIpc) is 1.63. The Morgan fingerprint density at radius 2 is 2.33 bits per heavy atom. The molecule has 0 radical (unpaired) electrons. The van der Waals surface area contributed by atoms with E-state index < -0.39 is 11.4 Å². The minimum absolute atomic E-state index is 0.397. The predicted octanol–water partition coefficient (Wildman–Crippen LogP) is -0.0620. The second-order valence-electron chi connectivity index (χ2n) is 1.15. The molecule has 0 rings (SSSR count). The van der Waals surface area contributed by atoms with Crippen LogP contribution in [0.25, 0.3) is 0 Å². The SMILES string of the molecule is CCON(C)OS(=O)O. The summed E-state index contributed by atoms with van der Waals surface area (Å²) in [6, 6.07) is 0. The van der Waals surface area contributed by atoms with Gasteiger partial charge in [0.2, 0.25) is 0 Å². The molecule has 0 aliphatic heterocycles. The Kier molecular flexibility index (Phi) is 4.83. The van der Waals surface area contributed by atoms with E-state index >= 15 is 0 Å². The molecule has 56 valence electrons. The van der Waals surface area contributed by atoms with E-state index in [0.29, 0.717) is 6.61 Å². The van der Waals surface area contributed by atoms with E-state index in [1.54, 1.807) is 6.92 Å². The molecule has 6 heteroatoms. The van der Waals surface area contributed by atoms with Crippen molar-refractivity contribution in [2.45, 2.75) is 6.92 Å². The second kappa shape index (κ2) is 4.83. The van der Waals surface area contributed by atoms with Gasteiger partial charge >= 0.3 is 11.4 Å². The van der Waals surface area contributed by atoms with E-state index in [1.807, 2.05) is 0 Å². The summed E-state index contributed by atoms with van der Waals surface area (Å²) in [5.74, 6) is 0. The molecule has 5 nitrogen and oxygen atoms in total. The van der Waals surface area contributed by atoms with Gasteiger partial charge in [-0.2, -0.15) is 4.21 Å². The first-order valence-corrected chi connectivity index (χ1v) is 3.36. The smallest absolute Gasteiger partial charge is 0.283 e. The molecular weight excluding hydrogens is 146 g/mol. The van der Waals surface area contributed by atoms with E-state index in [-0.39, 0.29) is 0 Å². The first-order valence-electron chi connectivity index (χ1n) is 2.32. The second-order valence-corrected chi connectivity index (χ2v) is 1.73. The zero-order valence-corrected chi connectivity index (χ0v) is 6.05. The molecule has 0 fully saturated rings. The lowest BCUT2D eigenvalue weighted by molar-refractivity contribution is -0.295. The molecule has 0 aromatic heterocycles. The average molecular weight is 155 g/mol. The van der Waals surface area contributed by atoms with Crippen molar-refractivity contribution < 1.29 is 17.9 Å². The molecule has 0 saturated heterocycles. The molecule has 0 amide bonds. The van der Waals surface area contributed by atoms with Gasteiger partial charge in [-0.1, -0.05) is 5.23 Å². The summed E-state index contributed by atoms with van der Waals surface area (Å²) >= 11 is -2.30. The van der Waals surface area contributed by atoms with Crippen molar-refractivity contribution in [2.75, 3.05) is 13.7 Å². The van der Waals surface area contributed by atoms with Crippen LogP contribution in [0.2, 0.25) is 0 Å². The number of nitrogens with zero attached hydrogens (tertiary/aromatic N) is 1. The predicted molar refractivity (Wildman–Crippen MR) is 31.2 cm³/mol. The van der Waals surface area contributed by atoms with Crippen molar-refractivity contribution in [1.29, 1.82) is 0 Å². The summed E-state index contributed by atoms with van der Waals surface area (Å²) in [4.78, 5) is 4.61. The van der Waals surface area contributed by atoms with E-state index in [2.05, 4.69) is 9.12 Å². The van der Waals surface area contributed by atoms with Crippen LogP contribution in [-0.4, -0.2) is 27.6 Å². The van der Waals surface area contributed by atoms with Crippen molar-refractivity contribution >= 4 is 11.4 Å². The van der Waals surface area contributed by atoms with Crippen LogP contribution in [0.5, 0.6) is 0 Å². The highest BCUT2D eigenvalue weighted by Crippen LogP contribution is 1.87. The molecule has 0 aliphatic rings. The third-order valence-corrected chi connectivity index (χ3v) is 0.817. The highest BCUT2D eigenvalue weighted by Gasteiger charge is 1.99. The monoisotopic (exact) mass is 155 g/mol. The molecule has 0 aliphatic carbocycles. The lowest BCUT2D eigenvalue weighted by Gasteiger charge is -2.09. The van der Waals surface area contributed by atoms with Crippen LogP contribution in [-0.2, 0) is 20.5 Å². The maximum atomic E-state index is 9.85. The number of rotatable bonds is 4. The first-order chi connectivity index (χ1) is 4.16. The minimum Gasteiger partial charge on any atom is -0.283 e. The number of hydrogen-bond donors (Lipinski definition) is 1. The van der Waals surface area contributed by atoms with Crippen molar-refractivity contribution in [3.63, 3.8) is 0 Å². The zero-order chi connectivity index (χ0) is 7.28. The maximum Gasteiger partial charge on any atom is 0.321 e. The van der Waals surface area contributed by atoms with Gasteiger partial charge in [-0.25, -0.2) is 0 Å². The van der Waals surface area contributed by atoms with Crippen LogP contribution in [0.4, 0.5) is 0 Å². The molecule has 9 heavy (non-hydrogen) atoms. The quantitative estimate of drug-likeness (QED) is 0.455. The highest BCUT2D eigenvalue weighted by atomic mass is 32.2. The molecule has 0 saturated carbocycles. The fourth-order valence-corrected chi connectivity index (χ4v) is 0.516. The fourth-order valence-electron chi connectivity index (χ4n) is 0.293. The minimum atomic E-state index is -2.30. The number of hydrogen-bond acceptors (Lipinski definition) is 4. The molecule has 1 unspecified atom stereocenters. The molecule has 0 bridgehead atoms. The van der Waals surface area contributed by atoms with Gasteiger partial charge in [0.25, 0.3) is 0 Å². The normalized spacial score (nSPS) is 14.2. The Morgan fingerprint density at radius 3 is 2.67 bits per heavy atom. The Bertz CT molecular complexity index is 97.8. The van der Waals surface area contributed by atoms with Crippen LogP contribution in [0.1, 0.15) is 6.92 Å². The van der Waals surface area contributed by atoms with Gasteiger partial charge in [-0.3, -0.25) is 9.39 Å². The number of hydroxylamine groups is 2. The van der Waals surface area contributed by atoms with E-state index in [1.165, 1.54) is 7.05 Å². The Morgan fingerprint density at radius 1 is 1.78 bits per heavy atom. The lowest BCUT2D eigenvalue weighted by Crippen LogP contribution is -2.20. The zero-order valence-electron chi connectivity index (χ0n) is 5.23. The Balaban J connectivity index is 3.26. The van der Waals surface area contributed by atoms with Gasteiger partial charge in [0, 0.05) is 7.05 Å². The van der Waals surface area contributed by atoms with Crippen molar-refractivity contribution in [2.24, 2.45) is 0 Å². The van der Waals surface area contributed by atoms with Crippen LogP contribution in [0.3, 0.4) is 0 Å². The summed E-state index contributed by atoms with van der Waals surface area (Å²) in [6.07, 6.45) is 0. The van der Waals surface area contributed by atoms with E-state index in [9.17, 15) is 4.21 Å². The molecule has 0 heterocycles. The van der Waals surface area contributed by atoms with Crippen molar-refractivity contribution in [3.8, 4) is 0 Å². The van der Waals surface area contributed by atoms with Gasteiger partial charge < -0.3 is 0 Å². The summed E-state index contributed by atoms with van der Waals surface area (Å²) in [6.45, 7) is 2.13. The van der Waals surface area contributed by atoms with Gasteiger partial charge in [-0.15, -0.1) is 4.28 Å². The molecule has 0 aromatic rings. The molecule has 0 aromatic carbocycles. The van der Waals surface area contributed by atoms with Crippen molar-refractivity contribution in [3.05, 3.63) is 0 Å². The summed E-state index contributed by atoms with van der Waals surface area (Å²) < 4.78 is 22.1. The lowest BCUT2D eigenvalue weighted by atomic mass is 10.9. The molecular formula is C3H9NO4S. The fraction of sp³-hybridized carbons (Fsp3) is 1.00. The summed E-state index contributed by atoms with van der Waals surface area (Å²) in [7, 11) is 1.39. The van der Waals surface area contributed by atoms with Gasteiger partial charge in [-0.05, 0) is 6.92 Å². The maximum absolute atomic E-state index is 9.85. The van der Waals surface area contributed by atoms with E-state index in [4.69, 9.17) is 4.55 Å². The highest BCUT2D eigenvalue weighted by molar-refractivity contribution is 7.74. The van der Waals surface area contributed by atoms with Gasteiger partial charge in [0.1, 0.15) is 0 Å². The largest absolute Gasteiger partial charge is 0.321 e. The topological polar surface area (TPSA) is 59.0 Å².